The Morgan fingerprint density at radius 1 is 0.310 bits per heavy atom. The van der Waals surface area contributed by atoms with Crippen LogP contribution in [-0.4, -0.2) is 25.7 Å². The largest absolute Gasteiger partial charge is 2.00 e. The van der Waals surface area contributed by atoms with Crippen molar-refractivity contribution in [2.45, 2.75) is 0 Å². The van der Waals surface area contributed by atoms with Crippen molar-refractivity contribution in [3.05, 3.63) is 243 Å². The van der Waals surface area contributed by atoms with Gasteiger partial charge in [0.2, 0.25) is 0 Å². The first kappa shape index (κ1) is 54.2. The fraction of sp³-hybridized carbons (Fsp3) is 0.0270. The van der Waals surface area contributed by atoms with Crippen LogP contribution in [0.5, 0.6) is 0 Å². The van der Waals surface area contributed by atoms with Gasteiger partial charge < -0.3 is 61.3 Å². The van der Waals surface area contributed by atoms with Crippen LogP contribution in [0.4, 0.5) is 0 Å². The minimum absolute atomic E-state index is 0. The summed E-state index contributed by atoms with van der Waals surface area (Å²) in [5.41, 5.74) is 0. The number of benzene rings is 6. The van der Waals surface area contributed by atoms with E-state index in [9.17, 15) is 0 Å². The van der Waals surface area contributed by atoms with E-state index in [2.05, 4.69) is 182 Å². The van der Waals surface area contributed by atoms with Crippen molar-refractivity contribution in [3.8, 4) is 0 Å². The average Bonchev–Trinajstić information content (AvgIpc) is 3.18. The second-order valence-electron chi connectivity index (χ2n) is 9.94. The summed E-state index contributed by atoms with van der Waals surface area (Å²) in [6, 6.07) is 65.0. The summed E-state index contributed by atoms with van der Waals surface area (Å²) < 4.78 is 0. The Bertz CT molecular complexity index is 1590. The van der Waals surface area contributed by atoms with Crippen molar-refractivity contribution < 1.29 is 37.4 Å². The van der Waals surface area contributed by atoms with Crippen molar-refractivity contribution in [3.63, 3.8) is 0 Å². The molecule has 58 heavy (non-hydrogen) atoms. The Labute approximate surface area is 355 Å². The first-order valence-electron chi connectivity index (χ1n) is 15.7. The molecule has 16 nitrogen and oxygen atoms in total. The Morgan fingerprint density at radius 3 is 0.483 bits per heavy atom. The minimum atomic E-state index is -1.75. The molecule has 0 bridgehead atoms. The molecular weight excluding hydrogens is 889 g/mol. The minimum Gasteiger partial charge on any atom is -0.356 e. The maximum Gasteiger partial charge on any atom is 2.00 e. The molecule has 0 atom stereocenters. The Balaban J connectivity index is 0. The molecule has 0 heterocycles. The maximum absolute atomic E-state index is 8.25. The fourth-order valence-electron chi connectivity index (χ4n) is 4.63. The smallest absolute Gasteiger partial charge is 0.356 e. The molecule has 6 aromatic carbocycles. The number of alkyl halides is 2. The maximum atomic E-state index is 8.25. The summed E-state index contributed by atoms with van der Waals surface area (Å²) in [5.74, 6) is 0. The first-order valence-corrected chi connectivity index (χ1v) is 19.8. The molecule has 1 radical (unpaired) electrons. The fourth-order valence-corrected chi connectivity index (χ4v) is 9.78. The number of hydrogen-bond acceptors (Lipinski definition) is 12. The summed E-state index contributed by atoms with van der Waals surface area (Å²) in [6.07, 6.45) is 0. The second kappa shape index (κ2) is 34.3. The molecule has 0 amide bonds. The van der Waals surface area contributed by atoms with E-state index in [1.165, 1.54) is 31.8 Å². The van der Waals surface area contributed by atoms with Crippen LogP contribution in [0.2, 0.25) is 0 Å². The van der Waals surface area contributed by atoms with Gasteiger partial charge in [-0.05, 0) is 72.8 Å². The first-order chi connectivity index (χ1) is 27.2. The van der Waals surface area contributed by atoms with Gasteiger partial charge in [-0.1, -0.05) is 109 Å². The van der Waals surface area contributed by atoms with Crippen molar-refractivity contribution in [1.82, 2.24) is 0 Å². The second-order valence-corrected chi connectivity index (χ2v) is 15.7. The molecule has 6 rings (SSSR count). The number of halogens is 2. The summed E-state index contributed by atoms with van der Waals surface area (Å²) >= 11 is 9.53. The predicted molar refractivity (Wildman–Crippen MR) is 231 cm³/mol. The van der Waals surface area contributed by atoms with Gasteiger partial charge in [0.25, 0.3) is 0 Å². The van der Waals surface area contributed by atoms with Gasteiger partial charge in [-0.2, -0.15) is 0 Å². The van der Waals surface area contributed by atoms with Crippen LogP contribution in [0, 0.1) is 61.3 Å². The van der Waals surface area contributed by atoms with Crippen LogP contribution in [0.15, 0.2) is 182 Å². The third kappa shape index (κ3) is 27.6. The molecule has 0 N–H and O–H groups in total. The summed E-state index contributed by atoms with van der Waals surface area (Å²) in [7, 11) is -1.75. The quantitative estimate of drug-likeness (QED) is 0.0548. The molecule has 0 aliphatic carbocycles. The molecule has 0 spiro atoms. The summed E-state index contributed by atoms with van der Waals surface area (Å²) in [4.78, 5) is 33.0. The van der Waals surface area contributed by atoms with Gasteiger partial charge in [0, 0.05) is 0 Å². The van der Waals surface area contributed by atoms with E-state index in [1.807, 2.05) is 0 Å². The zero-order valence-electron chi connectivity index (χ0n) is 29.8. The SMILES string of the molecule is ClCCl.O=[N+]([O-])[O-].O=[N+]([O-])[O-].O=[N+]([O-])[O-].O=[N+]([O-])[O-].[Cu+2].c1ccc([PH+](c2ccccc2)c2ccccc2)cc1.c1ccc([PH+](c2ccccc2)c2ccccc2)cc1. The normalized spacial score (nSPS) is 8.90. The van der Waals surface area contributed by atoms with Gasteiger partial charge in [-0.15, -0.1) is 23.2 Å². The van der Waals surface area contributed by atoms with Gasteiger partial charge in [0.1, 0.15) is 31.8 Å². The molecular formula is C37H34Cl2CuN4O12P2. The molecule has 0 aliphatic heterocycles. The molecule has 0 saturated heterocycles. The topological polar surface area (TPSA) is 265 Å². The summed E-state index contributed by atoms with van der Waals surface area (Å²) in [5, 5.41) is 67.8. The Kier molecular flexibility index (Phi) is 32.1. The van der Waals surface area contributed by atoms with Crippen LogP contribution in [0.3, 0.4) is 0 Å². The number of nitrogens with zero attached hydrogens (tertiary/aromatic N) is 4. The average molecular weight is 923 g/mol. The van der Waals surface area contributed by atoms with Crippen LogP contribution in [-0.2, 0) is 17.1 Å². The van der Waals surface area contributed by atoms with E-state index in [-0.39, 0.29) is 22.4 Å². The summed E-state index contributed by atoms with van der Waals surface area (Å²) in [6.45, 7) is 0. The Hall–Kier alpha value is -5.92. The van der Waals surface area contributed by atoms with Gasteiger partial charge >= 0.3 is 17.1 Å². The van der Waals surface area contributed by atoms with Gasteiger partial charge in [-0.3, -0.25) is 0 Å². The Morgan fingerprint density at radius 2 is 0.397 bits per heavy atom. The van der Waals surface area contributed by atoms with E-state index < -0.39 is 36.2 Å². The number of rotatable bonds is 6. The van der Waals surface area contributed by atoms with Crippen molar-refractivity contribution >= 4 is 70.9 Å². The van der Waals surface area contributed by atoms with Crippen molar-refractivity contribution in [2.24, 2.45) is 0 Å². The van der Waals surface area contributed by atoms with E-state index in [4.69, 9.17) is 84.5 Å². The van der Waals surface area contributed by atoms with Crippen molar-refractivity contribution in [2.75, 3.05) is 5.34 Å². The molecule has 309 valence electrons. The van der Waals surface area contributed by atoms with E-state index in [0.717, 1.165) is 0 Å². The third-order valence-corrected chi connectivity index (χ3v) is 11.8. The zero-order valence-corrected chi connectivity index (χ0v) is 34.2. The van der Waals surface area contributed by atoms with Crippen LogP contribution in [0.25, 0.3) is 0 Å². The van der Waals surface area contributed by atoms with E-state index >= 15 is 0 Å². The zero-order chi connectivity index (χ0) is 42.8. The molecule has 0 unspecified atom stereocenters. The van der Waals surface area contributed by atoms with Crippen LogP contribution < -0.4 is 31.8 Å². The number of hydrogen-bond donors (Lipinski definition) is 0. The molecule has 0 fully saturated rings. The third-order valence-electron chi connectivity index (χ3n) is 6.37. The molecule has 0 aromatic heterocycles. The molecule has 0 aliphatic rings. The van der Waals surface area contributed by atoms with Gasteiger partial charge in [0.05, 0.1) is 41.5 Å². The van der Waals surface area contributed by atoms with Crippen LogP contribution in [0.1, 0.15) is 0 Å². The van der Waals surface area contributed by atoms with Crippen LogP contribution >= 0.6 is 39.0 Å². The molecule has 0 saturated carbocycles. The standard InChI is InChI=1S/2C18H15P.CH2Cl2.Cu.4NO3/c2*1-4-10-16(11-5-1)19(17-12-6-2-7-13-17)18-14-8-3-9-15-18;2-1-3;;4*2-1(3)4/h2*1-15H;1H2;;;;;/q;;;+2;4*-1/p+2. The van der Waals surface area contributed by atoms with E-state index in [1.54, 1.807) is 0 Å². The van der Waals surface area contributed by atoms with Gasteiger partial charge in [0.15, 0.2) is 0 Å². The van der Waals surface area contributed by atoms with E-state index in [0.29, 0.717) is 0 Å². The van der Waals surface area contributed by atoms with Crippen molar-refractivity contribution in [1.29, 1.82) is 0 Å². The molecule has 6 aromatic rings. The molecule has 21 heteroatoms. The predicted octanol–water partition coefficient (Wildman–Crippen LogP) is 6.82. The monoisotopic (exact) mass is 921 g/mol. The van der Waals surface area contributed by atoms with Gasteiger partial charge in [-0.25, -0.2) is 0 Å².